The molecule has 3 unspecified atom stereocenters. The zero-order chi connectivity index (χ0) is 19.8. The van der Waals surface area contributed by atoms with Gasteiger partial charge in [0.25, 0.3) is 0 Å². The molecule has 1 heterocycles. The Morgan fingerprint density at radius 1 is 1.22 bits per heavy atom. The van der Waals surface area contributed by atoms with Crippen LogP contribution in [0.2, 0.25) is 0 Å². The highest BCUT2D eigenvalue weighted by atomic mass is 35.5. The van der Waals surface area contributed by atoms with E-state index in [9.17, 15) is 13.2 Å². The summed E-state index contributed by atoms with van der Waals surface area (Å²) in [4.78, 5) is -0.526. The molecule has 150 valence electrons. The molecular weight excluding hydrogens is 398 g/mol. The first kappa shape index (κ1) is 20.8. The van der Waals surface area contributed by atoms with Crippen molar-refractivity contribution < 1.29 is 17.9 Å². The standard InChI is InChI=1S/C20H24Cl2F3NO/c1-12(27-15-5-3-14(4-6-15)20(23,24)25)16-10-26-11-17(16)13-7-8-19(2,22)18(21)9-13/h3-8,12-13,16-18,26H,9-11H2,1-2H3/t12-,13?,16+,17+,18?,19?/m1/s1. The second kappa shape index (κ2) is 7.84. The fourth-order valence-corrected chi connectivity index (χ4v) is 4.45. The maximum absolute atomic E-state index is 12.7. The Kier molecular flexibility index (Phi) is 6.05. The highest BCUT2D eigenvalue weighted by Crippen LogP contribution is 2.41. The zero-order valence-electron chi connectivity index (χ0n) is 15.3. The van der Waals surface area contributed by atoms with Crippen LogP contribution in [-0.4, -0.2) is 29.4 Å². The molecule has 2 nitrogen and oxygen atoms in total. The van der Waals surface area contributed by atoms with Crippen molar-refractivity contribution in [1.82, 2.24) is 5.32 Å². The van der Waals surface area contributed by atoms with E-state index in [1.54, 1.807) is 0 Å². The van der Waals surface area contributed by atoms with Crippen molar-refractivity contribution in [2.24, 2.45) is 17.8 Å². The van der Waals surface area contributed by atoms with Gasteiger partial charge in [0.15, 0.2) is 0 Å². The summed E-state index contributed by atoms with van der Waals surface area (Å²) >= 11 is 12.9. The molecule has 1 aromatic rings. The third-order valence-electron chi connectivity index (χ3n) is 5.73. The fourth-order valence-electron chi connectivity index (χ4n) is 4.01. The average molecular weight is 422 g/mol. The lowest BCUT2D eigenvalue weighted by atomic mass is 9.75. The minimum Gasteiger partial charge on any atom is -0.490 e. The van der Waals surface area contributed by atoms with E-state index in [4.69, 9.17) is 27.9 Å². The molecule has 7 heteroatoms. The van der Waals surface area contributed by atoms with Gasteiger partial charge in [0.1, 0.15) is 11.9 Å². The lowest BCUT2D eigenvalue weighted by Gasteiger charge is -2.37. The van der Waals surface area contributed by atoms with Crippen molar-refractivity contribution >= 4 is 23.2 Å². The number of halogens is 5. The Labute approximate surface area is 168 Å². The summed E-state index contributed by atoms with van der Waals surface area (Å²) in [6.07, 6.45) is 0.465. The molecule has 0 aromatic heterocycles. The second-order valence-corrected chi connectivity index (χ2v) is 9.05. The predicted molar refractivity (Wildman–Crippen MR) is 103 cm³/mol. The van der Waals surface area contributed by atoms with E-state index >= 15 is 0 Å². The third-order valence-corrected chi connectivity index (χ3v) is 6.86. The Morgan fingerprint density at radius 2 is 1.89 bits per heavy atom. The van der Waals surface area contributed by atoms with E-state index in [1.165, 1.54) is 12.1 Å². The van der Waals surface area contributed by atoms with Gasteiger partial charge in [0.2, 0.25) is 0 Å². The molecule has 0 radical (unpaired) electrons. The summed E-state index contributed by atoms with van der Waals surface area (Å²) in [5, 5.41) is 3.27. The van der Waals surface area contributed by atoms with Crippen LogP contribution >= 0.6 is 23.2 Å². The van der Waals surface area contributed by atoms with Crippen molar-refractivity contribution in [3.63, 3.8) is 0 Å². The Bertz CT molecular complexity index is 675. The summed E-state index contributed by atoms with van der Waals surface area (Å²) in [7, 11) is 0. The molecule has 1 aliphatic heterocycles. The summed E-state index contributed by atoms with van der Waals surface area (Å²) in [5.41, 5.74) is -0.674. The van der Waals surface area contributed by atoms with Gasteiger partial charge in [-0.05, 0) is 62.9 Å². The van der Waals surface area contributed by atoms with E-state index in [0.717, 1.165) is 31.6 Å². The number of hydrogen-bond donors (Lipinski definition) is 1. The Hall–Kier alpha value is -0.910. The van der Waals surface area contributed by atoms with Crippen molar-refractivity contribution in [3.8, 4) is 5.75 Å². The fraction of sp³-hybridized carbons (Fsp3) is 0.600. The number of ether oxygens (including phenoxy) is 1. The monoisotopic (exact) mass is 421 g/mol. The van der Waals surface area contributed by atoms with E-state index in [0.29, 0.717) is 17.6 Å². The van der Waals surface area contributed by atoms with Crippen LogP contribution in [0.3, 0.4) is 0 Å². The number of allylic oxidation sites excluding steroid dienone is 2. The smallest absolute Gasteiger partial charge is 0.416 e. The molecule has 1 aliphatic carbocycles. The van der Waals surface area contributed by atoms with Crippen molar-refractivity contribution in [3.05, 3.63) is 42.0 Å². The zero-order valence-corrected chi connectivity index (χ0v) is 16.8. The molecule has 27 heavy (non-hydrogen) atoms. The molecule has 6 atom stereocenters. The SMILES string of the molecule is C[C@@H](Oc1ccc(C(F)(F)F)cc1)[C@@H]1CNC[C@H]1C1C=CC(C)(Cl)C(Cl)C1. The number of hydrogen-bond acceptors (Lipinski definition) is 2. The van der Waals surface area contributed by atoms with E-state index < -0.39 is 16.6 Å². The van der Waals surface area contributed by atoms with Gasteiger partial charge in [0.05, 0.1) is 15.8 Å². The van der Waals surface area contributed by atoms with Crippen LogP contribution in [0.15, 0.2) is 36.4 Å². The molecule has 0 spiro atoms. The lowest BCUT2D eigenvalue weighted by Crippen LogP contribution is -2.39. The van der Waals surface area contributed by atoms with Gasteiger partial charge in [-0.1, -0.05) is 12.2 Å². The molecular formula is C20H24Cl2F3NO. The molecule has 0 bridgehead atoms. The van der Waals surface area contributed by atoms with Crippen molar-refractivity contribution in [2.75, 3.05) is 13.1 Å². The quantitative estimate of drug-likeness (QED) is 0.512. The first-order chi connectivity index (χ1) is 12.6. The first-order valence-corrected chi connectivity index (χ1v) is 9.96. The van der Waals surface area contributed by atoms with Gasteiger partial charge < -0.3 is 10.1 Å². The highest BCUT2D eigenvalue weighted by molar-refractivity contribution is 6.33. The molecule has 1 N–H and O–H groups in total. The third kappa shape index (κ3) is 4.75. The van der Waals surface area contributed by atoms with Crippen LogP contribution in [0.4, 0.5) is 13.2 Å². The largest absolute Gasteiger partial charge is 0.490 e. The van der Waals surface area contributed by atoms with Gasteiger partial charge in [-0.25, -0.2) is 0 Å². The minimum atomic E-state index is -4.34. The topological polar surface area (TPSA) is 21.3 Å². The normalized spacial score (nSPS) is 35.2. The maximum atomic E-state index is 12.7. The Morgan fingerprint density at radius 3 is 2.48 bits per heavy atom. The summed E-state index contributed by atoms with van der Waals surface area (Å²) in [5.74, 6) is 1.34. The summed E-state index contributed by atoms with van der Waals surface area (Å²) in [6.45, 7) is 5.56. The number of benzene rings is 1. The van der Waals surface area contributed by atoms with Crippen LogP contribution in [0, 0.1) is 17.8 Å². The van der Waals surface area contributed by atoms with Crippen LogP contribution < -0.4 is 10.1 Å². The van der Waals surface area contributed by atoms with Crippen molar-refractivity contribution in [1.29, 1.82) is 0 Å². The number of alkyl halides is 5. The molecule has 0 amide bonds. The summed E-state index contributed by atoms with van der Waals surface area (Å²) in [6, 6.07) is 4.86. The molecule has 1 fully saturated rings. The van der Waals surface area contributed by atoms with Gasteiger partial charge in [-0.3, -0.25) is 0 Å². The van der Waals surface area contributed by atoms with Crippen LogP contribution in [-0.2, 0) is 6.18 Å². The highest BCUT2D eigenvalue weighted by Gasteiger charge is 2.42. The summed E-state index contributed by atoms with van der Waals surface area (Å²) < 4.78 is 44.1. The number of nitrogens with one attached hydrogen (secondary N) is 1. The predicted octanol–water partition coefficient (Wildman–Crippen LogP) is 5.49. The molecule has 3 rings (SSSR count). The average Bonchev–Trinajstić information content (AvgIpc) is 3.07. The second-order valence-electron chi connectivity index (χ2n) is 7.71. The molecule has 1 saturated heterocycles. The lowest BCUT2D eigenvalue weighted by molar-refractivity contribution is -0.137. The first-order valence-electron chi connectivity index (χ1n) is 9.15. The molecule has 2 aliphatic rings. The maximum Gasteiger partial charge on any atom is 0.416 e. The number of rotatable bonds is 4. The van der Waals surface area contributed by atoms with Crippen LogP contribution in [0.5, 0.6) is 5.75 Å². The van der Waals surface area contributed by atoms with Gasteiger partial charge in [-0.15, -0.1) is 23.2 Å². The van der Waals surface area contributed by atoms with E-state index in [2.05, 4.69) is 11.4 Å². The van der Waals surface area contributed by atoms with Gasteiger partial charge >= 0.3 is 6.18 Å². The van der Waals surface area contributed by atoms with Gasteiger partial charge in [-0.2, -0.15) is 13.2 Å². The van der Waals surface area contributed by atoms with E-state index in [1.807, 2.05) is 19.9 Å². The Balaban J connectivity index is 1.66. The van der Waals surface area contributed by atoms with Gasteiger partial charge in [0, 0.05) is 12.5 Å². The van der Waals surface area contributed by atoms with Crippen LogP contribution in [0.25, 0.3) is 0 Å². The molecule has 1 aromatic carbocycles. The molecule has 0 saturated carbocycles. The minimum absolute atomic E-state index is 0.131. The van der Waals surface area contributed by atoms with Crippen LogP contribution in [0.1, 0.15) is 25.8 Å². The van der Waals surface area contributed by atoms with Crippen molar-refractivity contribution in [2.45, 2.75) is 42.8 Å². The van der Waals surface area contributed by atoms with E-state index in [-0.39, 0.29) is 17.4 Å².